The first-order valence-corrected chi connectivity index (χ1v) is 10.1. The van der Waals surface area contributed by atoms with Gasteiger partial charge in [-0.3, -0.25) is 0 Å². The molecule has 31 heavy (non-hydrogen) atoms. The lowest BCUT2D eigenvalue weighted by atomic mass is 10.1. The Labute approximate surface area is 180 Å². The summed E-state index contributed by atoms with van der Waals surface area (Å²) in [7, 11) is 0. The van der Waals surface area contributed by atoms with Gasteiger partial charge >= 0.3 is 12.1 Å². The van der Waals surface area contributed by atoms with Crippen molar-refractivity contribution in [3.63, 3.8) is 0 Å². The number of benzene rings is 2. The fourth-order valence-corrected chi connectivity index (χ4v) is 2.82. The molecule has 0 aliphatic carbocycles. The second-order valence-electron chi connectivity index (χ2n) is 7.25. The summed E-state index contributed by atoms with van der Waals surface area (Å²) in [6.45, 7) is 3.51. The minimum atomic E-state index is -4.20. The van der Waals surface area contributed by atoms with Gasteiger partial charge in [0.2, 0.25) is 0 Å². The molecule has 0 fully saturated rings. The van der Waals surface area contributed by atoms with Crippen molar-refractivity contribution < 1.29 is 32.5 Å². The van der Waals surface area contributed by atoms with Crippen LogP contribution in [-0.4, -0.2) is 43.1 Å². The van der Waals surface area contributed by atoms with E-state index in [1.165, 1.54) is 0 Å². The van der Waals surface area contributed by atoms with Crippen LogP contribution in [0.3, 0.4) is 0 Å². The van der Waals surface area contributed by atoms with Crippen LogP contribution in [0.2, 0.25) is 0 Å². The lowest BCUT2D eigenvalue weighted by Gasteiger charge is -2.17. The minimum Gasteiger partial charge on any atom is -0.493 e. The molecule has 2 rings (SSSR count). The predicted molar refractivity (Wildman–Crippen MR) is 113 cm³/mol. The van der Waals surface area contributed by atoms with Gasteiger partial charge in [-0.15, -0.1) is 0 Å². The van der Waals surface area contributed by atoms with Crippen molar-refractivity contribution in [3.05, 3.63) is 59.7 Å². The smallest absolute Gasteiger partial charge is 0.393 e. The summed E-state index contributed by atoms with van der Waals surface area (Å²) in [5, 5.41) is 11.9. The number of halogens is 3. The molecule has 0 aromatic heterocycles. The van der Waals surface area contributed by atoms with Gasteiger partial charge < -0.3 is 19.9 Å². The van der Waals surface area contributed by atoms with Gasteiger partial charge in [-0.05, 0) is 42.3 Å². The van der Waals surface area contributed by atoms with E-state index in [0.29, 0.717) is 31.1 Å². The topological polar surface area (TPSA) is 67.8 Å². The molecule has 0 aliphatic rings. The third-order valence-electron chi connectivity index (χ3n) is 4.77. The number of ether oxygens (including phenoxy) is 2. The average molecular weight is 439 g/mol. The van der Waals surface area contributed by atoms with Crippen molar-refractivity contribution in [2.45, 2.75) is 39.0 Å². The maximum absolute atomic E-state index is 12.6. The third kappa shape index (κ3) is 8.49. The Balaban J connectivity index is 1.77. The first kappa shape index (κ1) is 24.5. The van der Waals surface area contributed by atoms with Crippen LogP contribution in [0.15, 0.2) is 48.5 Å². The van der Waals surface area contributed by atoms with Crippen molar-refractivity contribution in [2.24, 2.45) is 5.92 Å². The van der Waals surface area contributed by atoms with Crippen molar-refractivity contribution in [1.82, 2.24) is 0 Å². The molecular weight excluding hydrogens is 411 g/mol. The molecule has 2 atom stereocenters. The quantitative estimate of drug-likeness (QED) is 0.490. The maximum atomic E-state index is 12.6. The highest BCUT2D eigenvalue weighted by atomic mass is 19.4. The van der Waals surface area contributed by atoms with E-state index in [1.807, 2.05) is 24.3 Å². The number of carboxylic acids is 1. The van der Waals surface area contributed by atoms with Crippen LogP contribution in [0.5, 0.6) is 5.75 Å². The molecule has 0 saturated heterocycles. The number of hydrogen-bond donors (Lipinski definition) is 2. The van der Waals surface area contributed by atoms with Crippen LogP contribution < -0.4 is 10.1 Å². The number of aliphatic carboxylic acids is 1. The molecule has 0 heterocycles. The molecule has 2 N–H and O–H groups in total. The van der Waals surface area contributed by atoms with Crippen molar-refractivity contribution >= 4 is 11.7 Å². The monoisotopic (exact) mass is 439 g/mol. The second kappa shape index (κ2) is 11.6. The number of anilines is 1. The van der Waals surface area contributed by atoms with Gasteiger partial charge in [0.1, 0.15) is 5.75 Å². The van der Waals surface area contributed by atoms with E-state index in [4.69, 9.17) is 14.6 Å². The summed E-state index contributed by atoms with van der Waals surface area (Å²) < 4.78 is 48.6. The number of carbonyl (C=O) groups is 1. The zero-order valence-corrected chi connectivity index (χ0v) is 17.6. The fourth-order valence-electron chi connectivity index (χ4n) is 2.82. The molecule has 0 spiro atoms. The lowest BCUT2D eigenvalue weighted by molar-refractivity contribution is -0.165. The zero-order valence-electron chi connectivity index (χ0n) is 17.6. The van der Waals surface area contributed by atoms with Crippen LogP contribution in [0.25, 0.3) is 0 Å². The number of rotatable bonds is 12. The van der Waals surface area contributed by atoms with Crippen LogP contribution in [-0.2, 0) is 22.4 Å². The molecule has 0 aliphatic heterocycles. The van der Waals surface area contributed by atoms with Gasteiger partial charge in [-0.1, -0.05) is 31.2 Å². The highest BCUT2D eigenvalue weighted by molar-refractivity contribution is 5.72. The van der Waals surface area contributed by atoms with Gasteiger partial charge in [-0.2, -0.15) is 13.2 Å². The van der Waals surface area contributed by atoms with Gasteiger partial charge in [0.25, 0.3) is 0 Å². The van der Waals surface area contributed by atoms with E-state index in [0.717, 1.165) is 18.1 Å². The highest BCUT2D eigenvalue weighted by Gasteiger charge is 2.35. The summed E-state index contributed by atoms with van der Waals surface area (Å²) in [5.41, 5.74) is 2.49. The van der Waals surface area contributed by atoms with Gasteiger partial charge in [0.05, 0.1) is 12.5 Å². The first-order valence-electron chi connectivity index (χ1n) is 10.1. The molecule has 5 nitrogen and oxygen atoms in total. The van der Waals surface area contributed by atoms with Crippen molar-refractivity contribution in [1.29, 1.82) is 0 Å². The van der Waals surface area contributed by atoms with Crippen molar-refractivity contribution in [3.8, 4) is 5.75 Å². The molecule has 0 amide bonds. The zero-order chi connectivity index (χ0) is 22.9. The summed E-state index contributed by atoms with van der Waals surface area (Å²) >= 11 is 0. The Morgan fingerprint density at radius 1 is 1.06 bits per heavy atom. The average Bonchev–Trinajstić information content (AvgIpc) is 2.73. The molecule has 0 radical (unpaired) electrons. The number of carboxylic acid groups (broad SMARTS) is 1. The largest absolute Gasteiger partial charge is 0.493 e. The van der Waals surface area contributed by atoms with Gasteiger partial charge in [-0.25, -0.2) is 4.79 Å². The second-order valence-corrected chi connectivity index (χ2v) is 7.25. The lowest BCUT2D eigenvalue weighted by Crippen LogP contribution is -2.26. The number of hydrogen-bond acceptors (Lipinski definition) is 4. The van der Waals surface area contributed by atoms with E-state index in [1.54, 1.807) is 31.2 Å². The molecule has 0 unspecified atom stereocenters. The third-order valence-corrected chi connectivity index (χ3v) is 4.77. The maximum Gasteiger partial charge on any atom is 0.393 e. The van der Waals surface area contributed by atoms with Gasteiger partial charge in [0, 0.05) is 31.7 Å². The Bertz CT molecular complexity index is 807. The molecule has 0 saturated carbocycles. The van der Waals surface area contributed by atoms with Crippen LogP contribution in [0, 0.1) is 5.92 Å². The van der Waals surface area contributed by atoms with E-state index in [9.17, 15) is 18.0 Å². The van der Waals surface area contributed by atoms with E-state index < -0.39 is 24.2 Å². The van der Waals surface area contributed by atoms with E-state index >= 15 is 0 Å². The van der Waals surface area contributed by atoms with Crippen molar-refractivity contribution in [2.75, 3.05) is 25.1 Å². The number of nitrogens with one attached hydrogen (secondary N) is 1. The summed E-state index contributed by atoms with van der Waals surface area (Å²) in [6.07, 6.45) is -4.15. The first-order chi connectivity index (χ1) is 14.7. The standard InChI is InChI=1S/C23H28F3NO4/c1-3-30-21(22(28)29)14-18-6-10-20(11-7-18)31-13-12-17-4-8-19(9-5-17)27-15-16(2)23(24,25)26/h4-11,16,21,27H,3,12-15H2,1-2H3,(H,28,29)/t16-,21+/m1/s1. The number of alkyl halides is 3. The van der Waals surface area contributed by atoms with Gasteiger partial charge in [0.15, 0.2) is 6.10 Å². The normalized spacial score (nSPS) is 13.5. The molecule has 8 heteroatoms. The predicted octanol–water partition coefficient (Wildman–Crippen LogP) is 4.95. The summed E-state index contributed by atoms with van der Waals surface area (Å²) in [6, 6.07) is 14.4. The summed E-state index contributed by atoms with van der Waals surface area (Å²) in [4.78, 5) is 11.2. The molecule has 2 aromatic carbocycles. The van der Waals surface area contributed by atoms with Crippen LogP contribution >= 0.6 is 0 Å². The minimum absolute atomic E-state index is 0.167. The summed E-state index contributed by atoms with van der Waals surface area (Å²) in [5.74, 6) is -1.73. The van der Waals surface area contributed by atoms with E-state index in [2.05, 4.69) is 5.32 Å². The molecule has 170 valence electrons. The Morgan fingerprint density at radius 3 is 2.23 bits per heavy atom. The molecule has 2 aromatic rings. The fraction of sp³-hybridized carbons (Fsp3) is 0.435. The molecule has 0 bridgehead atoms. The Hall–Kier alpha value is -2.74. The SMILES string of the molecule is CCO[C@@H](Cc1ccc(OCCc2ccc(NC[C@@H](C)C(F)(F)F)cc2)cc1)C(=O)O. The Kier molecular flexibility index (Phi) is 9.18. The van der Waals surface area contributed by atoms with Crippen LogP contribution in [0.4, 0.5) is 18.9 Å². The Morgan fingerprint density at radius 2 is 1.68 bits per heavy atom. The van der Waals surface area contributed by atoms with Crippen LogP contribution in [0.1, 0.15) is 25.0 Å². The molecular formula is C23H28F3NO4. The highest BCUT2D eigenvalue weighted by Crippen LogP contribution is 2.26. The van der Waals surface area contributed by atoms with E-state index in [-0.39, 0.29) is 13.0 Å².